The number of amides is 1. The Morgan fingerprint density at radius 3 is 2.56 bits per heavy atom. The van der Waals surface area contributed by atoms with Gasteiger partial charge in [0.15, 0.2) is 0 Å². The lowest BCUT2D eigenvalue weighted by Gasteiger charge is -2.19. The van der Waals surface area contributed by atoms with Gasteiger partial charge >= 0.3 is 0 Å². The molecule has 2 N–H and O–H groups in total. The molecule has 1 rings (SSSR count). The first kappa shape index (κ1) is 12.4. The van der Waals surface area contributed by atoms with Gasteiger partial charge < -0.3 is 15.3 Å². The van der Waals surface area contributed by atoms with E-state index in [1.807, 2.05) is 6.92 Å². The van der Waals surface area contributed by atoms with E-state index in [2.05, 4.69) is 15.3 Å². The van der Waals surface area contributed by atoms with E-state index in [1.54, 1.807) is 24.3 Å². The molecule has 0 aliphatic heterocycles. The summed E-state index contributed by atoms with van der Waals surface area (Å²) in [4.78, 5) is 21.1. The maximum Gasteiger partial charge on any atom is 0.239 e. The number of aliphatic hydroxyl groups excluding tert-OH is 1. The number of nitrogens with zero attached hydrogens (tertiary/aromatic N) is 3. The zero-order chi connectivity index (χ0) is 12.0. The molecule has 0 radical (unpaired) electrons. The summed E-state index contributed by atoms with van der Waals surface area (Å²) in [6.07, 6.45) is 3.10. The summed E-state index contributed by atoms with van der Waals surface area (Å²) in [7, 11) is 1.59. The maximum atomic E-state index is 11.2. The monoisotopic (exact) mass is 224 g/mol. The molecule has 1 heterocycles. The van der Waals surface area contributed by atoms with Gasteiger partial charge in [0, 0.05) is 31.5 Å². The molecule has 0 fully saturated rings. The van der Waals surface area contributed by atoms with Crippen molar-refractivity contribution in [2.75, 3.05) is 25.0 Å². The van der Waals surface area contributed by atoms with Gasteiger partial charge in [0.2, 0.25) is 11.9 Å². The molecule has 1 amide bonds. The summed E-state index contributed by atoms with van der Waals surface area (Å²) >= 11 is 0. The van der Waals surface area contributed by atoms with Crippen LogP contribution in [0.1, 0.15) is 12.5 Å². The number of carbonyl (C=O) groups is 1. The number of nitrogens with one attached hydrogen (secondary N) is 1. The number of rotatable bonds is 5. The minimum atomic E-state index is -0.0864. The van der Waals surface area contributed by atoms with Crippen molar-refractivity contribution >= 4 is 11.9 Å². The molecule has 0 saturated carbocycles. The van der Waals surface area contributed by atoms with Crippen LogP contribution in [0.5, 0.6) is 0 Å². The molecule has 1 aromatic heterocycles. The van der Waals surface area contributed by atoms with Crippen molar-refractivity contribution in [3.63, 3.8) is 0 Å². The van der Waals surface area contributed by atoms with Crippen LogP contribution in [0.4, 0.5) is 5.95 Å². The third-order valence-corrected chi connectivity index (χ3v) is 2.15. The zero-order valence-electron chi connectivity index (χ0n) is 9.47. The largest absolute Gasteiger partial charge is 0.392 e. The molecule has 0 bridgehead atoms. The number of aliphatic hydroxyl groups is 1. The van der Waals surface area contributed by atoms with Crippen LogP contribution in [0.15, 0.2) is 12.4 Å². The fraction of sp³-hybridized carbons (Fsp3) is 0.500. The van der Waals surface area contributed by atoms with Gasteiger partial charge in [-0.3, -0.25) is 4.79 Å². The Kier molecular flexibility index (Phi) is 4.65. The highest BCUT2D eigenvalue weighted by molar-refractivity contribution is 5.80. The van der Waals surface area contributed by atoms with Gasteiger partial charge in [-0.2, -0.15) is 0 Å². The Morgan fingerprint density at radius 2 is 2.12 bits per heavy atom. The third-order valence-electron chi connectivity index (χ3n) is 2.15. The quantitative estimate of drug-likeness (QED) is 0.707. The molecule has 6 nitrogen and oxygen atoms in total. The van der Waals surface area contributed by atoms with Crippen molar-refractivity contribution in [3.05, 3.63) is 18.0 Å². The number of hydrogen-bond donors (Lipinski definition) is 2. The molecule has 0 aromatic carbocycles. The van der Waals surface area contributed by atoms with Crippen molar-refractivity contribution in [2.45, 2.75) is 13.5 Å². The number of carbonyl (C=O) groups excluding carboxylic acids is 1. The molecule has 16 heavy (non-hydrogen) atoms. The third kappa shape index (κ3) is 3.16. The molecule has 1 aromatic rings. The van der Waals surface area contributed by atoms with Gasteiger partial charge in [0.25, 0.3) is 0 Å². The molecule has 0 atom stereocenters. The second-order valence-corrected chi connectivity index (χ2v) is 3.24. The Morgan fingerprint density at radius 1 is 1.50 bits per heavy atom. The van der Waals surface area contributed by atoms with Crippen LogP contribution in [0.2, 0.25) is 0 Å². The van der Waals surface area contributed by atoms with Gasteiger partial charge in [0.05, 0.1) is 13.2 Å². The van der Waals surface area contributed by atoms with Crippen LogP contribution < -0.4 is 10.2 Å². The van der Waals surface area contributed by atoms with Crippen LogP contribution in [0, 0.1) is 0 Å². The van der Waals surface area contributed by atoms with E-state index in [4.69, 9.17) is 5.11 Å². The van der Waals surface area contributed by atoms with Crippen molar-refractivity contribution in [1.82, 2.24) is 15.3 Å². The molecule has 6 heteroatoms. The van der Waals surface area contributed by atoms with E-state index in [-0.39, 0.29) is 19.1 Å². The summed E-state index contributed by atoms with van der Waals surface area (Å²) in [6, 6.07) is 0. The van der Waals surface area contributed by atoms with E-state index >= 15 is 0 Å². The van der Waals surface area contributed by atoms with Gasteiger partial charge in [-0.1, -0.05) is 0 Å². The van der Waals surface area contributed by atoms with Crippen LogP contribution in [-0.2, 0) is 11.4 Å². The summed E-state index contributed by atoms with van der Waals surface area (Å²) < 4.78 is 0. The van der Waals surface area contributed by atoms with E-state index in [9.17, 15) is 4.79 Å². The standard InChI is InChI=1S/C10H16N4O2/c1-3-14(6-9(16)11-2)10-12-4-8(7-15)5-13-10/h4-5,15H,3,6-7H2,1-2H3,(H,11,16). The van der Waals surface area contributed by atoms with Gasteiger partial charge in [-0.25, -0.2) is 9.97 Å². The highest BCUT2D eigenvalue weighted by Gasteiger charge is 2.10. The number of aromatic nitrogens is 2. The first-order valence-corrected chi connectivity index (χ1v) is 5.08. The fourth-order valence-corrected chi connectivity index (χ4v) is 1.17. The van der Waals surface area contributed by atoms with Crippen LogP contribution in [0.25, 0.3) is 0 Å². The topological polar surface area (TPSA) is 78.4 Å². The van der Waals surface area contributed by atoms with Crippen LogP contribution in [-0.4, -0.2) is 41.1 Å². The molecule has 0 saturated heterocycles. The number of anilines is 1. The number of hydrogen-bond acceptors (Lipinski definition) is 5. The predicted octanol–water partition coefficient (Wildman–Crippen LogP) is -0.459. The lowest BCUT2D eigenvalue weighted by atomic mass is 10.4. The second kappa shape index (κ2) is 6.02. The van der Waals surface area contributed by atoms with E-state index < -0.39 is 0 Å². The van der Waals surface area contributed by atoms with Crippen molar-refractivity contribution in [2.24, 2.45) is 0 Å². The summed E-state index contributed by atoms with van der Waals surface area (Å²) in [6.45, 7) is 2.71. The lowest BCUT2D eigenvalue weighted by molar-refractivity contribution is -0.119. The SMILES string of the molecule is CCN(CC(=O)NC)c1ncc(CO)cn1. The first-order valence-electron chi connectivity index (χ1n) is 5.08. The highest BCUT2D eigenvalue weighted by atomic mass is 16.3. The number of likely N-dealkylation sites (N-methyl/N-ethyl adjacent to an activating group) is 2. The van der Waals surface area contributed by atoms with Gasteiger partial charge in [0.1, 0.15) is 0 Å². The van der Waals surface area contributed by atoms with E-state index in [0.717, 1.165) is 0 Å². The zero-order valence-corrected chi connectivity index (χ0v) is 9.47. The van der Waals surface area contributed by atoms with Crippen molar-refractivity contribution < 1.29 is 9.90 Å². The Labute approximate surface area is 94.3 Å². The maximum absolute atomic E-state index is 11.2. The Bertz CT molecular complexity index is 339. The minimum absolute atomic E-state index is 0.0815. The molecule has 0 spiro atoms. The normalized spacial score (nSPS) is 9.94. The molecule has 0 aliphatic carbocycles. The average molecular weight is 224 g/mol. The van der Waals surface area contributed by atoms with Crippen molar-refractivity contribution in [1.29, 1.82) is 0 Å². The summed E-state index contributed by atoms with van der Waals surface area (Å²) in [5.41, 5.74) is 0.653. The summed E-state index contributed by atoms with van der Waals surface area (Å²) in [5, 5.41) is 11.4. The molecule has 0 aliphatic rings. The average Bonchev–Trinajstić information content (AvgIpc) is 2.35. The predicted molar refractivity (Wildman–Crippen MR) is 59.9 cm³/mol. The van der Waals surface area contributed by atoms with Crippen molar-refractivity contribution in [3.8, 4) is 0 Å². The van der Waals surface area contributed by atoms with Gasteiger partial charge in [-0.05, 0) is 6.92 Å². The molecular weight excluding hydrogens is 208 g/mol. The fourth-order valence-electron chi connectivity index (χ4n) is 1.17. The summed E-state index contributed by atoms with van der Waals surface area (Å²) in [5.74, 6) is 0.403. The van der Waals surface area contributed by atoms with Gasteiger partial charge in [-0.15, -0.1) is 0 Å². The Hall–Kier alpha value is -1.69. The molecule has 0 unspecified atom stereocenters. The highest BCUT2D eigenvalue weighted by Crippen LogP contribution is 2.06. The first-order chi connectivity index (χ1) is 7.71. The van der Waals surface area contributed by atoms with Crippen LogP contribution in [0.3, 0.4) is 0 Å². The minimum Gasteiger partial charge on any atom is -0.392 e. The molecule has 88 valence electrons. The smallest absolute Gasteiger partial charge is 0.239 e. The molecular formula is C10H16N4O2. The van der Waals surface area contributed by atoms with E-state index in [0.29, 0.717) is 18.1 Å². The lowest BCUT2D eigenvalue weighted by Crippen LogP contribution is -2.36. The second-order valence-electron chi connectivity index (χ2n) is 3.24. The van der Waals surface area contributed by atoms with Crippen LogP contribution >= 0.6 is 0 Å². The van der Waals surface area contributed by atoms with E-state index in [1.165, 1.54) is 0 Å². The Balaban J connectivity index is 2.74.